The highest BCUT2D eigenvalue weighted by Crippen LogP contribution is 2.31. The van der Waals surface area contributed by atoms with E-state index in [9.17, 15) is 13.2 Å². The number of anilines is 3. The summed E-state index contributed by atoms with van der Waals surface area (Å²) in [6.45, 7) is 0. The standard InChI is InChI=1S/C18H20F3N7/c19-18(20,21)11-4-3-5-12(10-11)24-17-26-16-15(23-8-9-28(16)27-17)25-14-7-2-1-6-13(14)22/h3-5,8-10,13-14H,1-2,6-7,22H2,(H,23,25)(H,24,27). The van der Waals surface area contributed by atoms with Crippen LogP contribution in [0.25, 0.3) is 5.65 Å². The van der Waals surface area contributed by atoms with E-state index in [1.165, 1.54) is 16.6 Å². The molecule has 1 aliphatic carbocycles. The first-order valence-corrected chi connectivity index (χ1v) is 9.08. The first-order valence-electron chi connectivity index (χ1n) is 9.08. The van der Waals surface area contributed by atoms with Gasteiger partial charge in [0.05, 0.1) is 5.56 Å². The van der Waals surface area contributed by atoms with Crippen molar-refractivity contribution in [3.05, 3.63) is 42.2 Å². The van der Waals surface area contributed by atoms with Gasteiger partial charge in [0.2, 0.25) is 5.95 Å². The van der Waals surface area contributed by atoms with Crippen LogP contribution in [0.4, 0.5) is 30.6 Å². The molecule has 0 amide bonds. The van der Waals surface area contributed by atoms with E-state index in [-0.39, 0.29) is 23.7 Å². The van der Waals surface area contributed by atoms with Crippen LogP contribution in [0, 0.1) is 0 Å². The van der Waals surface area contributed by atoms with Gasteiger partial charge in [0.1, 0.15) is 0 Å². The molecule has 4 N–H and O–H groups in total. The Bertz CT molecular complexity index is 969. The van der Waals surface area contributed by atoms with Crippen LogP contribution in [0.3, 0.4) is 0 Å². The van der Waals surface area contributed by atoms with Crippen molar-refractivity contribution in [3.8, 4) is 0 Å². The molecule has 2 heterocycles. The maximum Gasteiger partial charge on any atom is 0.416 e. The minimum absolute atomic E-state index is 0.0430. The maximum atomic E-state index is 12.9. The van der Waals surface area contributed by atoms with E-state index < -0.39 is 11.7 Å². The van der Waals surface area contributed by atoms with Crippen LogP contribution in [0.1, 0.15) is 31.2 Å². The summed E-state index contributed by atoms with van der Waals surface area (Å²) < 4.78 is 40.2. The van der Waals surface area contributed by atoms with Crippen molar-refractivity contribution in [3.63, 3.8) is 0 Å². The topological polar surface area (TPSA) is 93.2 Å². The van der Waals surface area contributed by atoms with Crippen molar-refractivity contribution in [2.24, 2.45) is 5.73 Å². The zero-order chi connectivity index (χ0) is 19.7. The summed E-state index contributed by atoms with van der Waals surface area (Å²) in [6.07, 6.45) is 2.93. The van der Waals surface area contributed by atoms with Gasteiger partial charge in [-0.2, -0.15) is 18.2 Å². The lowest BCUT2D eigenvalue weighted by Crippen LogP contribution is -2.42. The summed E-state index contributed by atoms with van der Waals surface area (Å²) in [5.41, 5.74) is 6.18. The zero-order valence-corrected chi connectivity index (χ0v) is 14.9. The molecule has 3 aromatic rings. The third-order valence-electron chi connectivity index (χ3n) is 4.84. The predicted octanol–water partition coefficient (Wildman–Crippen LogP) is 3.57. The van der Waals surface area contributed by atoms with E-state index in [1.807, 2.05) is 0 Å². The smallest absolute Gasteiger partial charge is 0.363 e. The SMILES string of the molecule is NC1CCCCC1Nc1nccn2nc(Nc3cccc(C(F)(F)F)c3)nc12. The monoisotopic (exact) mass is 391 g/mol. The average Bonchev–Trinajstić information content (AvgIpc) is 3.06. The Morgan fingerprint density at radius 1 is 1.18 bits per heavy atom. The molecule has 2 unspecified atom stereocenters. The zero-order valence-electron chi connectivity index (χ0n) is 14.9. The Kier molecular flexibility index (Phi) is 4.80. The van der Waals surface area contributed by atoms with Crippen molar-refractivity contribution in [2.45, 2.75) is 43.9 Å². The molecular formula is C18H20F3N7. The first-order chi connectivity index (χ1) is 13.4. The van der Waals surface area contributed by atoms with Crippen LogP contribution in [0.5, 0.6) is 0 Å². The Hall–Kier alpha value is -2.88. The van der Waals surface area contributed by atoms with Gasteiger partial charge in [-0.3, -0.25) is 0 Å². The molecule has 148 valence electrons. The molecule has 0 spiro atoms. The number of nitrogens with zero attached hydrogens (tertiary/aromatic N) is 4. The third kappa shape index (κ3) is 3.86. The Balaban J connectivity index is 1.58. The highest BCUT2D eigenvalue weighted by atomic mass is 19.4. The van der Waals surface area contributed by atoms with Gasteiger partial charge >= 0.3 is 6.18 Å². The van der Waals surface area contributed by atoms with Gasteiger partial charge in [-0.05, 0) is 31.0 Å². The minimum atomic E-state index is -4.41. The fourth-order valence-corrected chi connectivity index (χ4v) is 3.39. The number of fused-ring (bicyclic) bond motifs is 1. The second-order valence-electron chi connectivity index (χ2n) is 6.88. The van der Waals surface area contributed by atoms with Gasteiger partial charge in [-0.1, -0.05) is 18.9 Å². The fraction of sp³-hybridized carbons (Fsp3) is 0.389. The highest BCUT2D eigenvalue weighted by molar-refractivity contribution is 5.66. The third-order valence-corrected chi connectivity index (χ3v) is 4.84. The fourth-order valence-electron chi connectivity index (χ4n) is 3.39. The van der Waals surface area contributed by atoms with E-state index in [0.717, 1.165) is 37.8 Å². The van der Waals surface area contributed by atoms with E-state index in [0.29, 0.717) is 11.5 Å². The number of hydrogen-bond acceptors (Lipinski definition) is 6. The Labute approximate surface area is 159 Å². The summed E-state index contributed by atoms with van der Waals surface area (Å²) in [7, 11) is 0. The normalized spacial score (nSPS) is 20.3. The van der Waals surface area contributed by atoms with Gasteiger partial charge in [0.15, 0.2) is 11.5 Å². The van der Waals surface area contributed by atoms with E-state index >= 15 is 0 Å². The molecule has 1 aromatic carbocycles. The number of halogens is 3. The van der Waals surface area contributed by atoms with Crippen LogP contribution in [-0.4, -0.2) is 31.7 Å². The second-order valence-corrected chi connectivity index (χ2v) is 6.88. The molecule has 0 aliphatic heterocycles. The molecule has 7 nitrogen and oxygen atoms in total. The van der Waals surface area contributed by atoms with E-state index in [1.54, 1.807) is 12.4 Å². The van der Waals surface area contributed by atoms with E-state index in [4.69, 9.17) is 5.73 Å². The summed E-state index contributed by atoms with van der Waals surface area (Å²) >= 11 is 0. The molecule has 1 saturated carbocycles. The van der Waals surface area contributed by atoms with Crippen LogP contribution < -0.4 is 16.4 Å². The number of alkyl halides is 3. The molecule has 0 bridgehead atoms. The van der Waals surface area contributed by atoms with Gasteiger partial charge in [-0.25, -0.2) is 9.50 Å². The molecular weight excluding hydrogens is 371 g/mol. The summed E-state index contributed by atoms with van der Waals surface area (Å²) in [5.74, 6) is 0.734. The van der Waals surface area contributed by atoms with Gasteiger partial charge in [0, 0.05) is 30.2 Å². The maximum absolute atomic E-state index is 12.9. The van der Waals surface area contributed by atoms with Crippen LogP contribution in [0.2, 0.25) is 0 Å². The lowest BCUT2D eigenvalue weighted by molar-refractivity contribution is -0.137. The van der Waals surface area contributed by atoms with Crippen molar-refractivity contribution in [1.29, 1.82) is 0 Å². The Morgan fingerprint density at radius 3 is 2.79 bits per heavy atom. The molecule has 0 saturated heterocycles. The molecule has 0 radical (unpaired) electrons. The van der Waals surface area contributed by atoms with Gasteiger partial charge in [-0.15, -0.1) is 5.10 Å². The number of nitrogens with two attached hydrogens (primary N) is 1. The minimum Gasteiger partial charge on any atom is -0.363 e. The largest absolute Gasteiger partial charge is 0.416 e. The van der Waals surface area contributed by atoms with E-state index in [2.05, 4.69) is 25.7 Å². The van der Waals surface area contributed by atoms with Crippen molar-refractivity contribution < 1.29 is 13.2 Å². The predicted molar refractivity (Wildman–Crippen MR) is 99.4 cm³/mol. The van der Waals surface area contributed by atoms with Gasteiger partial charge < -0.3 is 16.4 Å². The molecule has 10 heteroatoms. The number of hydrogen-bond donors (Lipinski definition) is 3. The number of rotatable bonds is 4. The summed E-state index contributed by atoms with van der Waals surface area (Å²) in [4.78, 5) is 8.72. The summed E-state index contributed by atoms with van der Waals surface area (Å²) in [5, 5.41) is 10.4. The molecule has 2 aromatic heterocycles. The van der Waals surface area contributed by atoms with Crippen LogP contribution in [-0.2, 0) is 6.18 Å². The number of nitrogens with one attached hydrogen (secondary N) is 2. The van der Waals surface area contributed by atoms with Gasteiger partial charge in [0.25, 0.3) is 0 Å². The van der Waals surface area contributed by atoms with Crippen LogP contribution >= 0.6 is 0 Å². The lowest BCUT2D eigenvalue weighted by Gasteiger charge is -2.29. The Morgan fingerprint density at radius 2 is 2.00 bits per heavy atom. The summed E-state index contributed by atoms with van der Waals surface area (Å²) in [6, 6.07) is 5.04. The van der Waals surface area contributed by atoms with Crippen molar-refractivity contribution in [2.75, 3.05) is 10.6 Å². The molecule has 28 heavy (non-hydrogen) atoms. The molecule has 2 atom stereocenters. The second kappa shape index (κ2) is 7.27. The number of benzene rings is 1. The lowest BCUT2D eigenvalue weighted by atomic mass is 9.91. The molecule has 1 fully saturated rings. The average molecular weight is 391 g/mol. The molecule has 1 aliphatic rings. The number of aromatic nitrogens is 4. The van der Waals surface area contributed by atoms with Crippen LogP contribution in [0.15, 0.2) is 36.7 Å². The highest BCUT2D eigenvalue weighted by Gasteiger charge is 2.30. The van der Waals surface area contributed by atoms with Crippen molar-refractivity contribution >= 4 is 23.1 Å². The quantitative estimate of drug-likeness (QED) is 0.630. The van der Waals surface area contributed by atoms with Crippen molar-refractivity contribution in [1.82, 2.24) is 19.6 Å². The molecule has 4 rings (SSSR count). The first kappa shape index (κ1) is 18.5.